The smallest absolute Gasteiger partial charge is 0.180 e. The summed E-state index contributed by atoms with van der Waals surface area (Å²) in [5.74, 6) is -0.0424. The molecule has 0 saturated heterocycles. The Balaban J connectivity index is 2.18. The Kier molecular flexibility index (Phi) is 3.53. The molecule has 0 amide bonds. The summed E-state index contributed by atoms with van der Waals surface area (Å²) in [6, 6.07) is 5.08. The average Bonchev–Trinajstić information content (AvgIpc) is 2.75. The molecule has 0 bridgehead atoms. The predicted molar refractivity (Wildman–Crippen MR) is 64.4 cm³/mol. The van der Waals surface area contributed by atoms with E-state index in [1.165, 1.54) is 6.20 Å². The lowest BCUT2D eigenvalue weighted by atomic mass is 10.1. The first-order valence-electron chi connectivity index (χ1n) is 4.41. The molecular formula is C10H6Cl2N2OS. The molecule has 1 heterocycles. The van der Waals surface area contributed by atoms with E-state index in [4.69, 9.17) is 23.2 Å². The van der Waals surface area contributed by atoms with Crippen molar-refractivity contribution >= 4 is 40.5 Å². The van der Waals surface area contributed by atoms with Gasteiger partial charge in [-0.15, -0.1) is 5.10 Å². The lowest BCUT2D eigenvalue weighted by molar-refractivity contribution is 0.0996. The van der Waals surface area contributed by atoms with Crippen molar-refractivity contribution in [3.8, 4) is 0 Å². The van der Waals surface area contributed by atoms with Gasteiger partial charge in [-0.25, -0.2) is 0 Å². The Morgan fingerprint density at radius 1 is 1.38 bits per heavy atom. The number of nitrogens with zero attached hydrogens (tertiary/aromatic N) is 2. The number of hydrogen-bond acceptors (Lipinski definition) is 4. The number of aromatic nitrogens is 2. The van der Waals surface area contributed by atoms with Gasteiger partial charge in [-0.1, -0.05) is 33.8 Å². The van der Waals surface area contributed by atoms with Crippen molar-refractivity contribution in [3.05, 3.63) is 44.9 Å². The Morgan fingerprint density at radius 3 is 2.81 bits per heavy atom. The molecule has 0 aliphatic carbocycles. The Morgan fingerprint density at radius 2 is 2.19 bits per heavy atom. The largest absolute Gasteiger partial charge is 0.293 e. The number of benzene rings is 1. The zero-order valence-electron chi connectivity index (χ0n) is 7.98. The number of ketones is 1. The molecule has 3 nitrogen and oxygen atoms in total. The molecule has 16 heavy (non-hydrogen) atoms. The highest BCUT2D eigenvalue weighted by Gasteiger charge is 2.11. The second kappa shape index (κ2) is 4.91. The fourth-order valence-corrected chi connectivity index (χ4v) is 2.14. The monoisotopic (exact) mass is 272 g/mol. The Bertz CT molecular complexity index is 514. The molecule has 0 saturated carbocycles. The molecule has 0 atom stereocenters. The van der Waals surface area contributed by atoms with Gasteiger partial charge in [0, 0.05) is 16.5 Å². The van der Waals surface area contributed by atoms with Gasteiger partial charge in [0.25, 0.3) is 0 Å². The van der Waals surface area contributed by atoms with Crippen LogP contribution in [0.25, 0.3) is 0 Å². The molecule has 0 radical (unpaired) electrons. The highest BCUT2D eigenvalue weighted by Crippen LogP contribution is 2.22. The first kappa shape index (κ1) is 11.5. The van der Waals surface area contributed by atoms with E-state index in [-0.39, 0.29) is 12.2 Å². The van der Waals surface area contributed by atoms with Gasteiger partial charge in [0.05, 0.1) is 6.20 Å². The van der Waals surface area contributed by atoms with Crippen molar-refractivity contribution < 1.29 is 4.79 Å². The SMILES string of the molecule is O=C(Cc1ccc(Cl)cc1Cl)c1cnns1. The minimum absolute atomic E-state index is 0.0424. The van der Waals surface area contributed by atoms with Gasteiger partial charge < -0.3 is 0 Å². The summed E-state index contributed by atoms with van der Waals surface area (Å²) in [6.45, 7) is 0. The van der Waals surface area contributed by atoms with E-state index in [2.05, 4.69) is 9.59 Å². The van der Waals surface area contributed by atoms with Crippen LogP contribution in [0.1, 0.15) is 15.2 Å². The van der Waals surface area contributed by atoms with Crippen molar-refractivity contribution in [2.75, 3.05) is 0 Å². The van der Waals surface area contributed by atoms with Gasteiger partial charge in [0.15, 0.2) is 5.78 Å². The summed E-state index contributed by atoms with van der Waals surface area (Å²) in [7, 11) is 0. The standard InChI is InChI=1S/C10H6Cl2N2OS/c11-7-2-1-6(8(12)4-7)3-9(15)10-5-13-14-16-10/h1-2,4-5H,3H2. The van der Waals surface area contributed by atoms with Gasteiger partial charge >= 0.3 is 0 Å². The molecule has 0 spiro atoms. The summed E-state index contributed by atoms with van der Waals surface area (Å²) >= 11 is 12.8. The summed E-state index contributed by atoms with van der Waals surface area (Å²) in [5, 5.41) is 4.67. The zero-order chi connectivity index (χ0) is 11.5. The summed E-state index contributed by atoms with van der Waals surface area (Å²) < 4.78 is 3.64. The maximum Gasteiger partial charge on any atom is 0.180 e. The lowest BCUT2D eigenvalue weighted by Gasteiger charge is -2.02. The highest BCUT2D eigenvalue weighted by molar-refractivity contribution is 7.07. The molecule has 0 aliphatic heterocycles. The van der Waals surface area contributed by atoms with Gasteiger partial charge in [-0.2, -0.15) is 0 Å². The molecule has 0 N–H and O–H groups in total. The minimum atomic E-state index is -0.0424. The Hall–Kier alpha value is -0.970. The molecule has 1 aromatic carbocycles. The number of rotatable bonds is 3. The highest BCUT2D eigenvalue weighted by atomic mass is 35.5. The van der Waals surface area contributed by atoms with Crippen LogP contribution in [-0.4, -0.2) is 15.4 Å². The maximum atomic E-state index is 11.8. The van der Waals surface area contributed by atoms with Crippen molar-refractivity contribution in [3.63, 3.8) is 0 Å². The third-order valence-corrected chi connectivity index (χ3v) is 3.29. The van der Waals surface area contributed by atoms with E-state index < -0.39 is 0 Å². The van der Waals surface area contributed by atoms with Crippen LogP contribution in [-0.2, 0) is 6.42 Å². The van der Waals surface area contributed by atoms with Crippen LogP contribution in [0.15, 0.2) is 24.4 Å². The summed E-state index contributed by atoms with van der Waals surface area (Å²) in [6.07, 6.45) is 1.69. The fraction of sp³-hybridized carbons (Fsp3) is 0.100. The van der Waals surface area contributed by atoms with Crippen molar-refractivity contribution in [1.82, 2.24) is 9.59 Å². The van der Waals surface area contributed by atoms with Crippen molar-refractivity contribution in [1.29, 1.82) is 0 Å². The molecule has 0 unspecified atom stereocenters. The van der Waals surface area contributed by atoms with Gasteiger partial charge in [-0.05, 0) is 29.2 Å². The van der Waals surface area contributed by atoms with E-state index in [1.54, 1.807) is 18.2 Å². The molecule has 1 aromatic heterocycles. The maximum absolute atomic E-state index is 11.8. The van der Waals surface area contributed by atoms with E-state index in [0.717, 1.165) is 17.1 Å². The van der Waals surface area contributed by atoms with E-state index in [9.17, 15) is 4.79 Å². The van der Waals surface area contributed by atoms with Crippen LogP contribution < -0.4 is 0 Å². The van der Waals surface area contributed by atoms with Crippen molar-refractivity contribution in [2.45, 2.75) is 6.42 Å². The number of hydrogen-bond donors (Lipinski definition) is 0. The third kappa shape index (κ3) is 2.58. The van der Waals surface area contributed by atoms with Gasteiger partial charge in [0.2, 0.25) is 0 Å². The topological polar surface area (TPSA) is 42.9 Å². The first-order chi connectivity index (χ1) is 7.66. The minimum Gasteiger partial charge on any atom is -0.293 e. The molecule has 2 aromatic rings. The van der Waals surface area contributed by atoms with E-state index >= 15 is 0 Å². The van der Waals surface area contributed by atoms with Crippen LogP contribution in [0, 0.1) is 0 Å². The molecule has 6 heteroatoms. The molecule has 0 fully saturated rings. The van der Waals surface area contributed by atoms with Crippen LogP contribution >= 0.6 is 34.7 Å². The van der Waals surface area contributed by atoms with Crippen LogP contribution in [0.2, 0.25) is 10.0 Å². The lowest BCUT2D eigenvalue weighted by Crippen LogP contribution is -2.01. The van der Waals surface area contributed by atoms with Crippen LogP contribution in [0.5, 0.6) is 0 Å². The van der Waals surface area contributed by atoms with Crippen LogP contribution in [0.3, 0.4) is 0 Å². The fourth-order valence-electron chi connectivity index (χ4n) is 1.22. The Labute approximate surface area is 106 Å². The second-order valence-electron chi connectivity index (χ2n) is 3.12. The number of carbonyl (C=O) groups excluding carboxylic acids is 1. The number of halogens is 2. The van der Waals surface area contributed by atoms with Gasteiger partial charge in [-0.3, -0.25) is 4.79 Å². The van der Waals surface area contributed by atoms with Crippen molar-refractivity contribution in [2.24, 2.45) is 0 Å². The normalized spacial score (nSPS) is 10.4. The van der Waals surface area contributed by atoms with Gasteiger partial charge in [0.1, 0.15) is 4.88 Å². The van der Waals surface area contributed by atoms with Crippen LogP contribution in [0.4, 0.5) is 0 Å². The first-order valence-corrected chi connectivity index (χ1v) is 5.94. The zero-order valence-corrected chi connectivity index (χ0v) is 10.3. The van der Waals surface area contributed by atoms with E-state index in [0.29, 0.717) is 14.9 Å². The average molecular weight is 273 g/mol. The number of Topliss-reactive ketones (excluding diaryl/α,β-unsaturated/α-hetero) is 1. The summed E-state index contributed by atoms with van der Waals surface area (Å²) in [4.78, 5) is 12.3. The molecular weight excluding hydrogens is 267 g/mol. The third-order valence-electron chi connectivity index (χ3n) is 2.00. The number of carbonyl (C=O) groups is 1. The summed E-state index contributed by atoms with van der Waals surface area (Å²) in [5.41, 5.74) is 0.754. The molecule has 0 aliphatic rings. The quantitative estimate of drug-likeness (QED) is 0.806. The molecule has 82 valence electrons. The molecule has 2 rings (SSSR count). The predicted octanol–water partition coefficient (Wildman–Crippen LogP) is 3.27. The van der Waals surface area contributed by atoms with E-state index in [1.807, 2.05) is 0 Å². The second-order valence-corrected chi connectivity index (χ2v) is 4.75.